The standard InChI is InChI=1S/C30H23ClFN7O2/c1-4-24(40)36-14-17-5-7-20(21(31)11-17)28-25(26-27(39(28)3)19(13-33)15-37-29(26)34)18-6-8-23(22(32)12-18)41-30-35-10-9-16(2)38-30/h4-12,15H,1,14H2,2-3H3,(H2,34,37)(H,36,40). The maximum atomic E-state index is 15.5. The highest BCUT2D eigenvalue weighted by Gasteiger charge is 2.25. The Labute approximate surface area is 239 Å². The highest BCUT2D eigenvalue weighted by Crippen LogP contribution is 2.45. The normalized spacial score (nSPS) is 10.8. The van der Waals surface area contributed by atoms with Crippen LogP contribution in [0.4, 0.5) is 10.2 Å². The third kappa shape index (κ3) is 5.18. The summed E-state index contributed by atoms with van der Waals surface area (Å²) in [6.07, 6.45) is 4.11. The molecule has 11 heteroatoms. The summed E-state index contributed by atoms with van der Waals surface area (Å²) in [6, 6.07) is 13.7. The van der Waals surface area contributed by atoms with E-state index in [4.69, 9.17) is 22.1 Å². The van der Waals surface area contributed by atoms with Crippen molar-refractivity contribution in [2.45, 2.75) is 13.5 Å². The number of hydrogen-bond donors (Lipinski definition) is 2. The van der Waals surface area contributed by atoms with Crippen LogP contribution in [-0.2, 0) is 18.4 Å². The van der Waals surface area contributed by atoms with Crippen LogP contribution < -0.4 is 15.8 Å². The van der Waals surface area contributed by atoms with Gasteiger partial charge in [-0.25, -0.2) is 19.3 Å². The molecule has 9 nitrogen and oxygen atoms in total. The van der Waals surface area contributed by atoms with Gasteiger partial charge in [-0.05, 0) is 48.4 Å². The number of hydrogen-bond acceptors (Lipinski definition) is 7. The largest absolute Gasteiger partial charge is 0.421 e. The van der Waals surface area contributed by atoms with Crippen LogP contribution in [0.1, 0.15) is 16.8 Å². The SMILES string of the molecule is C=CC(=O)NCc1ccc(-c2c(-c3ccc(Oc4nccc(C)n4)c(F)c3)c3c(N)ncc(C#N)c3n2C)c(Cl)c1. The highest BCUT2D eigenvalue weighted by molar-refractivity contribution is 6.34. The fraction of sp³-hybridized carbons (Fsp3) is 0.100. The van der Waals surface area contributed by atoms with Crippen molar-refractivity contribution in [1.29, 1.82) is 5.26 Å². The van der Waals surface area contributed by atoms with Crippen molar-refractivity contribution < 1.29 is 13.9 Å². The third-order valence-electron chi connectivity index (χ3n) is 6.49. The predicted molar refractivity (Wildman–Crippen MR) is 155 cm³/mol. The number of carbonyl (C=O) groups is 1. The quantitative estimate of drug-likeness (QED) is 0.236. The van der Waals surface area contributed by atoms with E-state index in [9.17, 15) is 10.1 Å². The molecule has 3 heterocycles. The molecule has 0 aliphatic heterocycles. The zero-order chi connectivity index (χ0) is 29.3. The number of halogens is 2. The Morgan fingerprint density at radius 2 is 2.07 bits per heavy atom. The minimum absolute atomic E-state index is 0.0192. The van der Waals surface area contributed by atoms with Gasteiger partial charge in [0.2, 0.25) is 5.91 Å². The molecule has 2 aromatic carbocycles. The number of carbonyl (C=O) groups excluding carboxylic acids is 1. The summed E-state index contributed by atoms with van der Waals surface area (Å²) in [5.74, 6) is -0.854. The summed E-state index contributed by atoms with van der Waals surface area (Å²) in [5, 5.41) is 13.4. The number of nitrogens with zero attached hydrogens (tertiary/aromatic N) is 5. The smallest absolute Gasteiger partial charge is 0.322 e. The Hall–Kier alpha value is -5.27. The van der Waals surface area contributed by atoms with Crippen molar-refractivity contribution in [1.82, 2.24) is 24.8 Å². The van der Waals surface area contributed by atoms with Crippen LogP contribution in [-0.4, -0.2) is 25.4 Å². The van der Waals surface area contributed by atoms with Gasteiger partial charge in [0.25, 0.3) is 0 Å². The fourth-order valence-electron chi connectivity index (χ4n) is 4.62. The first kappa shape index (κ1) is 27.3. The first-order chi connectivity index (χ1) is 19.7. The van der Waals surface area contributed by atoms with E-state index < -0.39 is 5.82 Å². The van der Waals surface area contributed by atoms with E-state index in [2.05, 4.69) is 32.9 Å². The van der Waals surface area contributed by atoms with Gasteiger partial charge in [0, 0.05) is 42.8 Å². The average Bonchev–Trinajstić information content (AvgIpc) is 3.26. The Morgan fingerprint density at radius 1 is 1.27 bits per heavy atom. The molecule has 204 valence electrons. The number of aromatic nitrogens is 4. The van der Waals surface area contributed by atoms with Crippen LogP contribution in [0.15, 0.2) is 67.5 Å². The minimum atomic E-state index is -0.655. The third-order valence-corrected chi connectivity index (χ3v) is 6.81. The Kier molecular flexibility index (Phi) is 7.38. The van der Waals surface area contributed by atoms with Crippen LogP contribution in [0.25, 0.3) is 33.3 Å². The van der Waals surface area contributed by atoms with Crippen LogP contribution in [0.3, 0.4) is 0 Å². The second-order valence-electron chi connectivity index (χ2n) is 9.14. The lowest BCUT2D eigenvalue weighted by atomic mass is 9.97. The molecule has 0 unspecified atom stereocenters. The maximum Gasteiger partial charge on any atom is 0.322 e. The summed E-state index contributed by atoms with van der Waals surface area (Å²) < 4.78 is 22.9. The summed E-state index contributed by atoms with van der Waals surface area (Å²) in [6.45, 7) is 5.48. The van der Waals surface area contributed by atoms with E-state index >= 15 is 4.39 Å². The van der Waals surface area contributed by atoms with Gasteiger partial charge in [-0.1, -0.05) is 36.4 Å². The molecule has 0 aliphatic carbocycles. The Balaban J connectivity index is 1.68. The van der Waals surface area contributed by atoms with E-state index in [1.807, 2.05) is 6.07 Å². The number of pyridine rings is 1. The van der Waals surface area contributed by atoms with Crippen molar-refractivity contribution in [2.75, 3.05) is 5.73 Å². The molecule has 3 N–H and O–H groups in total. The first-order valence-electron chi connectivity index (χ1n) is 12.3. The van der Waals surface area contributed by atoms with Crippen LogP contribution in [0.2, 0.25) is 5.02 Å². The topological polar surface area (TPSA) is 132 Å². The van der Waals surface area contributed by atoms with Gasteiger partial charge in [-0.15, -0.1) is 0 Å². The highest BCUT2D eigenvalue weighted by atomic mass is 35.5. The molecule has 0 bridgehead atoms. The Bertz CT molecular complexity index is 1890. The van der Waals surface area contributed by atoms with Gasteiger partial charge in [-0.2, -0.15) is 5.26 Å². The molecule has 0 radical (unpaired) electrons. The lowest BCUT2D eigenvalue weighted by Gasteiger charge is -2.13. The zero-order valence-corrected chi connectivity index (χ0v) is 22.8. The van der Waals surface area contributed by atoms with Crippen molar-refractivity contribution in [3.05, 3.63) is 95.2 Å². The molecule has 5 aromatic rings. The monoisotopic (exact) mass is 567 g/mol. The summed E-state index contributed by atoms with van der Waals surface area (Å²) in [5.41, 5.74) is 10.8. The maximum absolute atomic E-state index is 15.5. The lowest BCUT2D eigenvalue weighted by molar-refractivity contribution is -0.116. The second kappa shape index (κ2) is 11.1. The number of nitrogens with one attached hydrogen (secondary N) is 1. The molecule has 0 aliphatic rings. The van der Waals surface area contributed by atoms with Crippen LogP contribution >= 0.6 is 11.6 Å². The number of benzene rings is 2. The number of ether oxygens (including phenoxy) is 1. The molecular weight excluding hydrogens is 545 g/mol. The molecule has 0 saturated carbocycles. The number of nitrogen functional groups attached to an aromatic ring is 1. The van der Waals surface area contributed by atoms with E-state index in [0.29, 0.717) is 49.6 Å². The van der Waals surface area contributed by atoms with Crippen LogP contribution in [0, 0.1) is 24.1 Å². The van der Waals surface area contributed by atoms with Crippen LogP contribution in [0.5, 0.6) is 11.8 Å². The number of anilines is 1. The van der Waals surface area contributed by atoms with Gasteiger partial charge < -0.3 is 20.4 Å². The minimum Gasteiger partial charge on any atom is -0.421 e. The molecule has 3 aromatic heterocycles. The van der Waals surface area contributed by atoms with E-state index in [1.165, 1.54) is 30.6 Å². The molecule has 41 heavy (non-hydrogen) atoms. The second-order valence-corrected chi connectivity index (χ2v) is 9.55. The van der Waals surface area contributed by atoms with Crippen molar-refractivity contribution in [3.63, 3.8) is 0 Å². The van der Waals surface area contributed by atoms with Gasteiger partial charge >= 0.3 is 6.01 Å². The Morgan fingerprint density at radius 3 is 2.76 bits per heavy atom. The average molecular weight is 568 g/mol. The first-order valence-corrected chi connectivity index (χ1v) is 12.7. The number of rotatable bonds is 7. The van der Waals surface area contributed by atoms with E-state index in [1.54, 1.807) is 42.8 Å². The number of amides is 1. The number of aryl methyl sites for hydroxylation is 2. The number of fused-ring (bicyclic) bond motifs is 1. The zero-order valence-electron chi connectivity index (χ0n) is 22.1. The summed E-state index contributed by atoms with van der Waals surface area (Å²) >= 11 is 6.78. The number of nitriles is 1. The van der Waals surface area contributed by atoms with Crippen molar-refractivity contribution in [3.8, 4) is 40.2 Å². The van der Waals surface area contributed by atoms with E-state index in [0.717, 1.165) is 5.56 Å². The molecule has 1 amide bonds. The van der Waals surface area contributed by atoms with E-state index in [-0.39, 0.29) is 30.0 Å². The lowest BCUT2D eigenvalue weighted by Crippen LogP contribution is -2.19. The number of nitrogens with two attached hydrogens (primary N) is 1. The summed E-state index contributed by atoms with van der Waals surface area (Å²) in [7, 11) is 1.78. The van der Waals surface area contributed by atoms with Gasteiger partial charge in [0.15, 0.2) is 11.6 Å². The molecule has 0 fully saturated rings. The van der Waals surface area contributed by atoms with Crippen molar-refractivity contribution in [2.24, 2.45) is 7.05 Å². The van der Waals surface area contributed by atoms with Gasteiger partial charge in [-0.3, -0.25) is 4.79 Å². The molecule has 0 saturated heterocycles. The predicted octanol–water partition coefficient (Wildman–Crippen LogP) is 5.85. The molecule has 0 spiro atoms. The molecule has 0 atom stereocenters. The fourth-order valence-corrected chi connectivity index (χ4v) is 4.91. The molecule has 5 rings (SSSR count). The van der Waals surface area contributed by atoms with Crippen molar-refractivity contribution >= 4 is 34.2 Å². The van der Waals surface area contributed by atoms with Gasteiger partial charge in [0.05, 0.1) is 27.2 Å². The van der Waals surface area contributed by atoms with Gasteiger partial charge in [0.1, 0.15) is 11.9 Å². The molecular formula is C30H23ClFN7O2. The summed E-state index contributed by atoms with van der Waals surface area (Å²) in [4.78, 5) is 24.0.